The van der Waals surface area contributed by atoms with Crippen LogP contribution in [-0.2, 0) is 6.54 Å². The van der Waals surface area contributed by atoms with Gasteiger partial charge in [-0.05, 0) is 52.8 Å². The summed E-state index contributed by atoms with van der Waals surface area (Å²) >= 11 is 0. The van der Waals surface area contributed by atoms with Crippen molar-refractivity contribution in [3.8, 4) is 0 Å². The molecule has 1 N–H and O–H groups in total. The highest BCUT2D eigenvalue weighted by atomic mass is 15.3. The van der Waals surface area contributed by atoms with Crippen LogP contribution in [0, 0.1) is 0 Å². The van der Waals surface area contributed by atoms with Crippen LogP contribution in [0.4, 0.5) is 0 Å². The molecule has 0 spiro atoms. The number of nitrogens with one attached hydrogen (secondary N) is 1. The first kappa shape index (κ1) is 14.5. The van der Waals surface area contributed by atoms with Crippen molar-refractivity contribution in [2.24, 2.45) is 0 Å². The van der Waals surface area contributed by atoms with Gasteiger partial charge in [-0.1, -0.05) is 6.92 Å². The van der Waals surface area contributed by atoms with Crippen LogP contribution >= 0.6 is 0 Å². The molecule has 2 rings (SSSR count). The fourth-order valence-corrected chi connectivity index (χ4v) is 2.69. The van der Waals surface area contributed by atoms with Gasteiger partial charge in [0.25, 0.3) is 0 Å². The Morgan fingerprint density at radius 1 is 1.47 bits per heavy atom. The van der Waals surface area contributed by atoms with Crippen molar-refractivity contribution in [2.45, 2.75) is 57.7 Å². The number of nitrogens with zero attached hydrogens (tertiary/aromatic N) is 3. The van der Waals surface area contributed by atoms with Crippen LogP contribution in [0.5, 0.6) is 0 Å². The Kier molecular flexibility index (Phi) is 4.63. The third-order valence-corrected chi connectivity index (χ3v) is 4.70. The molecule has 0 radical (unpaired) electrons. The van der Waals surface area contributed by atoms with Gasteiger partial charge in [0.2, 0.25) is 0 Å². The molecule has 4 heteroatoms. The molecule has 1 aliphatic rings. The van der Waals surface area contributed by atoms with Crippen molar-refractivity contribution in [1.29, 1.82) is 0 Å². The van der Waals surface area contributed by atoms with Gasteiger partial charge in [0.05, 0.1) is 5.69 Å². The maximum absolute atomic E-state index is 4.63. The Bertz CT molecular complexity index is 393. The molecule has 0 saturated heterocycles. The lowest BCUT2D eigenvalue weighted by Gasteiger charge is -2.47. The van der Waals surface area contributed by atoms with E-state index in [1.165, 1.54) is 19.3 Å². The first-order valence-corrected chi connectivity index (χ1v) is 7.49. The van der Waals surface area contributed by atoms with E-state index >= 15 is 0 Å². The second-order valence-corrected chi connectivity index (χ2v) is 6.12. The van der Waals surface area contributed by atoms with Crippen LogP contribution in [0.25, 0.3) is 0 Å². The zero-order chi connectivity index (χ0) is 13.9. The zero-order valence-corrected chi connectivity index (χ0v) is 12.8. The van der Waals surface area contributed by atoms with Crippen molar-refractivity contribution in [1.82, 2.24) is 20.0 Å². The number of likely N-dealkylation sites (N-methyl/N-ethyl adjacent to an activating group) is 1. The second-order valence-electron chi connectivity index (χ2n) is 6.12. The summed E-state index contributed by atoms with van der Waals surface area (Å²) in [4.78, 5) is 2.38. The molecule has 0 aromatic carbocycles. The molecule has 1 heterocycles. The van der Waals surface area contributed by atoms with Crippen LogP contribution in [0.3, 0.4) is 0 Å². The minimum absolute atomic E-state index is 0.388. The highest BCUT2D eigenvalue weighted by molar-refractivity contribution is 5.02. The van der Waals surface area contributed by atoms with Crippen molar-refractivity contribution < 1.29 is 0 Å². The van der Waals surface area contributed by atoms with E-state index in [-0.39, 0.29) is 0 Å². The molecule has 1 atom stereocenters. The molecule has 1 aromatic rings. The van der Waals surface area contributed by atoms with Crippen molar-refractivity contribution >= 4 is 0 Å². The monoisotopic (exact) mass is 264 g/mol. The molecular weight excluding hydrogens is 236 g/mol. The zero-order valence-electron chi connectivity index (χ0n) is 12.8. The summed E-state index contributed by atoms with van der Waals surface area (Å²) in [6, 6.07) is 2.62. The first-order chi connectivity index (χ1) is 9.07. The summed E-state index contributed by atoms with van der Waals surface area (Å²) in [5.41, 5.74) is 1.53. The number of rotatable bonds is 7. The minimum Gasteiger partial charge on any atom is -0.309 e. The van der Waals surface area contributed by atoms with Crippen LogP contribution in [0.15, 0.2) is 12.3 Å². The topological polar surface area (TPSA) is 33.1 Å². The van der Waals surface area contributed by atoms with E-state index in [1.54, 1.807) is 0 Å². The van der Waals surface area contributed by atoms with Crippen molar-refractivity contribution in [3.63, 3.8) is 0 Å². The Morgan fingerprint density at radius 3 is 2.74 bits per heavy atom. The molecule has 1 unspecified atom stereocenters. The maximum atomic E-state index is 4.63. The Labute approximate surface area is 117 Å². The molecule has 1 aromatic heterocycles. The maximum Gasteiger partial charge on any atom is 0.0762 e. The largest absolute Gasteiger partial charge is 0.309 e. The van der Waals surface area contributed by atoms with E-state index < -0.39 is 0 Å². The van der Waals surface area contributed by atoms with Gasteiger partial charge in [-0.2, -0.15) is 5.10 Å². The molecular formula is C15H28N4. The first-order valence-electron chi connectivity index (χ1n) is 7.49. The summed E-state index contributed by atoms with van der Waals surface area (Å²) in [7, 11) is 4.39. The summed E-state index contributed by atoms with van der Waals surface area (Å²) in [6.45, 7) is 6.34. The number of hydrogen-bond donors (Lipinski definition) is 1. The molecule has 0 bridgehead atoms. The van der Waals surface area contributed by atoms with Gasteiger partial charge in [-0.3, -0.25) is 4.68 Å². The molecule has 108 valence electrons. The van der Waals surface area contributed by atoms with Gasteiger partial charge in [0, 0.05) is 30.9 Å². The molecule has 0 amide bonds. The number of hydrogen-bond acceptors (Lipinski definition) is 3. The van der Waals surface area contributed by atoms with Crippen LogP contribution in [-0.4, -0.2) is 40.9 Å². The van der Waals surface area contributed by atoms with E-state index in [9.17, 15) is 0 Å². The molecule has 1 fully saturated rings. The smallest absolute Gasteiger partial charge is 0.0762 e. The summed E-state index contributed by atoms with van der Waals surface area (Å²) < 4.78 is 2.07. The van der Waals surface area contributed by atoms with Crippen LogP contribution in [0.2, 0.25) is 0 Å². The van der Waals surface area contributed by atoms with E-state index in [0.717, 1.165) is 25.2 Å². The van der Waals surface area contributed by atoms with Gasteiger partial charge in [0.15, 0.2) is 0 Å². The van der Waals surface area contributed by atoms with Gasteiger partial charge in [0.1, 0.15) is 0 Å². The van der Waals surface area contributed by atoms with Crippen LogP contribution in [0.1, 0.15) is 51.3 Å². The Hall–Kier alpha value is -0.870. The molecule has 1 saturated carbocycles. The lowest BCUT2D eigenvalue weighted by atomic mass is 9.75. The fraction of sp³-hybridized carbons (Fsp3) is 0.800. The SMILES string of the molecule is CCC(C)n1ccc(CNCC2(N(C)C)CCC2)n1. The third kappa shape index (κ3) is 3.18. The molecule has 4 nitrogen and oxygen atoms in total. The summed E-state index contributed by atoms with van der Waals surface area (Å²) in [5.74, 6) is 0. The van der Waals surface area contributed by atoms with E-state index in [1.807, 2.05) is 0 Å². The summed E-state index contributed by atoms with van der Waals surface area (Å²) in [6.07, 6.45) is 7.21. The van der Waals surface area contributed by atoms with E-state index in [2.05, 4.69) is 60.2 Å². The minimum atomic E-state index is 0.388. The lowest BCUT2D eigenvalue weighted by molar-refractivity contribution is 0.0597. The predicted molar refractivity (Wildman–Crippen MR) is 79.2 cm³/mol. The summed E-state index contributed by atoms with van der Waals surface area (Å²) in [5, 5.41) is 8.21. The standard InChI is InChI=1S/C15H28N4/c1-5-13(2)19-10-7-14(17-19)11-16-12-15(18(3)4)8-6-9-15/h7,10,13,16H,5-6,8-9,11-12H2,1-4H3. The van der Waals surface area contributed by atoms with Crippen LogP contribution < -0.4 is 5.32 Å². The predicted octanol–water partition coefficient (Wildman–Crippen LogP) is 2.43. The molecule has 19 heavy (non-hydrogen) atoms. The van der Waals surface area contributed by atoms with E-state index in [0.29, 0.717) is 11.6 Å². The average Bonchev–Trinajstić information content (AvgIpc) is 2.79. The third-order valence-electron chi connectivity index (χ3n) is 4.70. The van der Waals surface area contributed by atoms with Gasteiger partial charge in [-0.15, -0.1) is 0 Å². The fourth-order valence-electron chi connectivity index (χ4n) is 2.69. The average molecular weight is 264 g/mol. The lowest BCUT2D eigenvalue weighted by Crippen LogP contribution is -2.56. The van der Waals surface area contributed by atoms with Crippen molar-refractivity contribution in [3.05, 3.63) is 18.0 Å². The normalized spacial score (nSPS) is 19.4. The quantitative estimate of drug-likeness (QED) is 0.821. The Morgan fingerprint density at radius 2 is 2.21 bits per heavy atom. The highest BCUT2D eigenvalue weighted by Crippen LogP contribution is 2.35. The highest BCUT2D eigenvalue weighted by Gasteiger charge is 2.38. The molecule has 1 aliphatic carbocycles. The van der Waals surface area contributed by atoms with E-state index in [4.69, 9.17) is 0 Å². The molecule has 0 aliphatic heterocycles. The van der Waals surface area contributed by atoms with Gasteiger partial charge >= 0.3 is 0 Å². The number of aromatic nitrogens is 2. The van der Waals surface area contributed by atoms with Gasteiger partial charge < -0.3 is 10.2 Å². The Balaban J connectivity index is 1.81. The second kappa shape index (κ2) is 6.06. The van der Waals surface area contributed by atoms with Gasteiger partial charge in [-0.25, -0.2) is 0 Å². The van der Waals surface area contributed by atoms with Crippen molar-refractivity contribution in [2.75, 3.05) is 20.6 Å².